The normalized spacial score (nSPS) is 11.9. The number of amides is 2. The summed E-state index contributed by atoms with van der Waals surface area (Å²) < 4.78 is 34.5. The number of sulfonamides is 1. The third-order valence-corrected chi connectivity index (χ3v) is 8.12. The largest absolute Gasteiger partial charge is 0.492 e. The number of carbonyl (C=O) groups is 2. The van der Waals surface area contributed by atoms with Crippen molar-refractivity contribution in [3.63, 3.8) is 0 Å². The molecule has 0 saturated carbocycles. The Balaban J connectivity index is 2.11. The van der Waals surface area contributed by atoms with Gasteiger partial charge in [-0.15, -0.1) is 0 Å². The van der Waals surface area contributed by atoms with E-state index in [4.69, 9.17) is 16.3 Å². The molecule has 0 aromatic heterocycles. The number of para-hydroxylation sites is 2. The van der Waals surface area contributed by atoms with E-state index < -0.39 is 28.5 Å². The van der Waals surface area contributed by atoms with Gasteiger partial charge in [-0.3, -0.25) is 13.9 Å². The highest BCUT2D eigenvalue weighted by Crippen LogP contribution is 2.33. The van der Waals surface area contributed by atoms with Crippen molar-refractivity contribution in [2.45, 2.75) is 37.8 Å². The summed E-state index contributed by atoms with van der Waals surface area (Å²) in [6, 6.07) is 20.7. The predicted molar refractivity (Wildman–Crippen MR) is 149 cm³/mol. The van der Waals surface area contributed by atoms with Crippen molar-refractivity contribution in [2.75, 3.05) is 24.5 Å². The van der Waals surface area contributed by atoms with Gasteiger partial charge in [0.2, 0.25) is 11.8 Å². The van der Waals surface area contributed by atoms with Crippen LogP contribution in [0.3, 0.4) is 0 Å². The van der Waals surface area contributed by atoms with Gasteiger partial charge in [0.25, 0.3) is 10.0 Å². The molecule has 0 spiro atoms. The zero-order valence-electron chi connectivity index (χ0n) is 21.6. The molecule has 0 saturated heterocycles. The minimum atomic E-state index is -4.18. The van der Waals surface area contributed by atoms with Crippen LogP contribution in [-0.4, -0.2) is 51.4 Å². The van der Waals surface area contributed by atoms with E-state index in [9.17, 15) is 18.0 Å². The maximum Gasteiger partial charge on any atom is 0.264 e. The minimum absolute atomic E-state index is 0.0232. The number of rotatable bonds is 12. The summed E-state index contributed by atoms with van der Waals surface area (Å²) in [5, 5.41) is 3.04. The quantitative estimate of drug-likeness (QED) is 0.354. The Labute approximate surface area is 229 Å². The number of hydrogen-bond donors (Lipinski definition) is 1. The van der Waals surface area contributed by atoms with Crippen LogP contribution in [0.5, 0.6) is 5.75 Å². The first kappa shape index (κ1) is 29.0. The molecule has 0 heterocycles. The van der Waals surface area contributed by atoms with Crippen molar-refractivity contribution < 1.29 is 22.7 Å². The van der Waals surface area contributed by atoms with Crippen LogP contribution < -0.4 is 14.4 Å². The lowest BCUT2D eigenvalue weighted by Gasteiger charge is -2.33. The van der Waals surface area contributed by atoms with Crippen LogP contribution in [0.4, 0.5) is 5.69 Å². The second-order valence-electron chi connectivity index (χ2n) is 8.38. The molecule has 1 unspecified atom stereocenters. The number of benzene rings is 3. The smallest absolute Gasteiger partial charge is 0.264 e. The van der Waals surface area contributed by atoms with Crippen LogP contribution in [-0.2, 0) is 26.2 Å². The first-order valence-corrected chi connectivity index (χ1v) is 14.1. The molecule has 1 atom stereocenters. The predicted octanol–water partition coefficient (Wildman–Crippen LogP) is 4.49. The third-order valence-electron chi connectivity index (χ3n) is 5.97. The van der Waals surface area contributed by atoms with Crippen LogP contribution >= 0.6 is 11.6 Å². The van der Waals surface area contributed by atoms with Crippen molar-refractivity contribution in [2.24, 2.45) is 0 Å². The van der Waals surface area contributed by atoms with E-state index in [-0.39, 0.29) is 23.0 Å². The van der Waals surface area contributed by atoms with Crippen molar-refractivity contribution in [1.82, 2.24) is 10.2 Å². The van der Waals surface area contributed by atoms with E-state index >= 15 is 0 Å². The molecule has 3 rings (SSSR count). The fourth-order valence-electron chi connectivity index (χ4n) is 4.07. The van der Waals surface area contributed by atoms with Gasteiger partial charge in [-0.2, -0.15) is 0 Å². The average Bonchev–Trinajstić information content (AvgIpc) is 2.93. The Morgan fingerprint density at radius 2 is 1.58 bits per heavy atom. The SMILES string of the molecule is CCOc1ccccc1N(CC(=O)N(Cc1ccccc1Cl)C(CC)C(=O)NC)S(=O)(=O)c1ccccc1. The van der Waals surface area contributed by atoms with Crippen LogP contribution in [0.1, 0.15) is 25.8 Å². The number of nitrogens with one attached hydrogen (secondary N) is 1. The monoisotopic (exact) mass is 557 g/mol. The summed E-state index contributed by atoms with van der Waals surface area (Å²) in [6.07, 6.45) is 0.316. The van der Waals surface area contributed by atoms with Gasteiger partial charge in [0.15, 0.2) is 0 Å². The van der Waals surface area contributed by atoms with Gasteiger partial charge in [-0.25, -0.2) is 8.42 Å². The van der Waals surface area contributed by atoms with Gasteiger partial charge in [-0.05, 0) is 49.2 Å². The van der Waals surface area contributed by atoms with Gasteiger partial charge in [0, 0.05) is 18.6 Å². The Hall–Kier alpha value is -3.56. The lowest BCUT2D eigenvalue weighted by molar-refractivity contribution is -0.140. The molecule has 8 nitrogen and oxygen atoms in total. The van der Waals surface area contributed by atoms with Crippen molar-refractivity contribution in [1.29, 1.82) is 0 Å². The summed E-state index contributed by atoms with van der Waals surface area (Å²) in [7, 11) is -2.69. The molecule has 0 aliphatic carbocycles. The van der Waals surface area contributed by atoms with Gasteiger partial charge in [-0.1, -0.05) is 67.1 Å². The molecular formula is C28H32ClN3O5S. The molecule has 10 heteroatoms. The van der Waals surface area contributed by atoms with E-state index in [2.05, 4.69) is 5.32 Å². The molecule has 0 bridgehead atoms. The van der Waals surface area contributed by atoms with Gasteiger partial charge in [0.05, 0.1) is 17.2 Å². The molecule has 3 aromatic carbocycles. The van der Waals surface area contributed by atoms with Gasteiger partial charge >= 0.3 is 0 Å². The molecule has 0 aliphatic rings. The molecule has 2 amide bonds. The van der Waals surface area contributed by atoms with E-state index in [0.717, 1.165) is 4.31 Å². The van der Waals surface area contributed by atoms with Crippen LogP contribution in [0.2, 0.25) is 5.02 Å². The highest BCUT2D eigenvalue weighted by atomic mass is 35.5. The number of nitrogens with zero attached hydrogens (tertiary/aromatic N) is 2. The zero-order chi connectivity index (χ0) is 27.7. The van der Waals surface area contributed by atoms with Gasteiger partial charge < -0.3 is 15.0 Å². The highest BCUT2D eigenvalue weighted by Gasteiger charge is 2.34. The van der Waals surface area contributed by atoms with E-state index in [1.54, 1.807) is 80.6 Å². The maximum absolute atomic E-state index is 14.0. The fourth-order valence-corrected chi connectivity index (χ4v) is 5.71. The fraction of sp³-hybridized carbons (Fsp3) is 0.286. The summed E-state index contributed by atoms with van der Waals surface area (Å²) in [5.74, 6) is -0.607. The molecule has 38 heavy (non-hydrogen) atoms. The number of carbonyl (C=O) groups excluding carboxylic acids is 2. The lowest BCUT2D eigenvalue weighted by atomic mass is 10.1. The summed E-state index contributed by atoms with van der Waals surface area (Å²) in [4.78, 5) is 28.1. The molecule has 0 radical (unpaired) electrons. The average molecular weight is 558 g/mol. The van der Waals surface area contributed by atoms with Crippen molar-refractivity contribution >= 4 is 39.1 Å². The van der Waals surface area contributed by atoms with E-state index in [1.807, 2.05) is 0 Å². The number of ether oxygens (including phenoxy) is 1. The maximum atomic E-state index is 14.0. The topological polar surface area (TPSA) is 96.0 Å². The molecule has 0 fully saturated rings. The second-order valence-corrected chi connectivity index (χ2v) is 10.6. The van der Waals surface area contributed by atoms with Crippen LogP contribution in [0, 0.1) is 0 Å². The Kier molecular flexibility index (Phi) is 10.2. The molecule has 1 N–H and O–H groups in total. The number of likely N-dealkylation sites (N-methyl/N-ethyl adjacent to an activating group) is 1. The summed E-state index contributed by atoms with van der Waals surface area (Å²) >= 11 is 6.38. The third kappa shape index (κ3) is 6.65. The molecule has 0 aliphatic heterocycles. The van der Waals surface area contributed by atoms with E-state index in [0.29, 0.717) is 29.4 Å². The lowest BCUT2D eigenvalue weighted by Crippen LogP contribution is -2.51. The van der Waals surface area contributed by atoms with Crippen LogP contribution in [0.25, 0.3) is 0 Å². The van der Waals surface area contributed by atoms with Crippen molar-refractivity contribution in [3.05, 3.63) is 89.4 Å². The first-order chi connectivity index (χ1) is 18.2. The Morgan fingerprint density at radius 3 is 2.21 bits per heavy atom. The second kappa shape index (κ2) is 13.3. The number of hydrogen-bond acceptors (Lipinski definition) is 5. The minimum Gasteiger partial charge on any atom is -0.492 e. The Bertz CT molecular complexity index is 1350. The standard InChI is InChI=1S/C28H32ClN3O5S/c1-4-24(28(34)30-3)31(19-21-13-9-10-16-23(21)29)27(33)20-32(25-17-11-12-18-26(25)37-5-2)38(35,36)22-14-7-6-8-15-22/h6-18,24H,4-5,19-20H2,1-3H3,(H,30,34). The number of anilines is 1. The van der Waals surface area contributed by atoms with Crippen molar-refractivity contribution in [3.8, 4) is 5.75 Å². The molecule has 202 valence electrons. The van der Waals surface area contributed by atoms with Crippen LogP contribution in [0.15, 0.2) is 83.8 Å². The Morgan fingerprint density at radius 1 is 0.947 bits per heavy atom. The van der Waals surface area contributed by atoms with Gasteiger partial charge in [0.1, 0.15) is 18.3 Å². The summed E-state index contributed by atoms with van der Waals surface area (Å²) in [5.41, 5.74) is 0.856. The first-order valence-electron chi connectivity index (χ1n) is 12.3. The highest BCUT2D eigenvalue weighted by molar-refractivity contribution is 7.92. The zero-order valence-corrected chi connectivity index (χ0v) is 23.2. The number of halogens is 1. The summed E-state index contributed by atoms with van der Waals surface area (Å²) in [6.45, 7) is 3.35. The molecular weight excluding hydrogens is 526 g/mol. The van der Waals surface area contributed by atoms with E-state index in [1.165, 1.54) is 24.1 Å². The molecule has 3 aromatic rings.